The predicted molar refractivity (Wildman–Crippen MR) is 76.3 cm³/mol. The summed E-state index contributed by atoms with van der Waals surface area (Å²) in [5.74, 6) is 0. The van der Waals surface area contributed by atoms with Gasteiger partial charge in [-0.2, -0.15) is 0 Å². The van der Waals surface area contributed by atoms with E-state index in [4.69, 9.17) is 23.2 Å². The quantitative estimate of drug-likeness (QED) is 0.869. The highest BCUT2D eigenvalue weighted by atomic mass is 35.5. The van der Waals surface area contributed by atoms with Crippen molar-refractivity contribution in [3.63, 3.8) is 0 Å². The second-order valence-corrected chi connectivity index (χ2v) is 4.93. The molecule has 0 spiro atoms. The number of benzene rings is 2. The Morgan fingerprint density at radius 2 is 1.83 bits per heavy atom. The molecule has 2 aromatic carbocycles. The molecule has 0 saturated heterocycles. The molecule has 0 heterocycles. The average Bonchev–Trinajstić information content (AvgIpc) is 2.41. The van der Waals surface area contributed by atoms with Crippen LogP contribution in [-0.4, -0.2) is 5.11 Å². The summed E-state index contributed by atoms with van der Waals surface area (Å²) in [6.45, 7) is 2.08. The lowest BCUT2D eigenvalue weighted by atomic mass is 9.99. The van der Waals surface area contributed by atoms with Crippen LogP contribution in [0.25, 0.3) is 0 Å². The smallest absolute Gasteiger partial charge is 0.106 e. The van der Waals surface area contributed by atoms with Crippen molar-refractivity contribution in [3.8, 4) is 0 Å². The van der Waals surface area contributed by atoms with Gasteiger partial charge in [0.25, 0.3) is 0 Å². The highest BCUT2D eigenvalue weighted by Crippen LogP contribution is 2.33. The van der Waals surface area contributed by atoms with Crippen LogP contribution in [0.5, 0.6) is 0 Å². The fourth-order valence-electron chi connectivity index (χ4n) is 1.89. The van der Waals surface area contributed by atoms with E-state index >= 15 is 0 Å². The highest BCUT2D eigenvalue weighted by Gasteiger charge is 2.15. The van der Waals surface area contributed by atoms with Gasteiger partial charge < -0.3 is 5.11 Å². The molecule has 1 atom stereocenters. The Kier molecular flexibility index (Phi) is 4.28. The van der Waals surface area contributed by atoms with E-state index in [2.05, 4.69) is 6.92 Å². The lowest BCUT2D eigenvalue weighted by Gasteiger charge is -2.14. The fraction of sp³-hybridized carbons (Fsp3) is 0.200. The fourth-order valence-corrected chi connectivity index (χ4v) is 2.31. The summed E-state index contributed by atoms with van der Waals surface area (Å²) in [5, 5.41) is 11.2. The van der Waals surface area contributed by atoms with Crippen LogP contribution in [0.2, 0.25) is 10.0 Å². The van der Waals surface area contributed by atoms with Crippen LogP contribution in [0.15, 0.2) is 42.5 Å². The van der Waals surface area contributed by atoms with Gasteiger partial charge in [0.2, 0.25) is 0 Å². The van der Waals surface area contributed by atoms with Gasteiger partial charge in [0, 0.05) is 5.56 Å². The third-order valence-corrected chi connectivity index (χ3v) is 3.78. The number of aryl methyl sites for hydroxylation is 1. The van der Waals surface area contributed by atoms with Crippen LogP contribution in [0.1, 0.15) is 29.7 Å². The molecule has 0 aliphatic rings. The zero-order valence-electron chi connectivity index (χ0n) is 10.0. The first-order chi connectivity index (χ1) is 8.63. The summed E-state index contributed by atoms with van der Waals surface area (Å²) >= 11 is 12.1. The Balaban J connectivity index is 2.41. The third-order valence-electron chi connectivity index (χ3n) is 2.95. The first-order valence-electron chi connectivity index (χ1n) is 5.84. The van der Waals surface area contributed by atoms with Crippen LogP contribution in [0.3, 0.4) is 0 Å². The topological polar surface area (TPSA) is 20.2 Å². The van der Waals surface area contributed by atoms with Crippen molar-refractivity contribution < 1.29 is 5.11 Å². The van der Waals surface area contributed by atoms with Gasteiger partial charge in [-0.05, 0) is 23.6 Å². The predicted octanol–water partition coefficient (Wildman–Crippen LogP) is 4.64. The Morgan fingerprint density at radius 3 is 2.56 bits per heavy atom. The molecule has 2 aromatic rings. The van der Waals surface area contributed by atoms with E-state index in [0.717, 1.165) is 12.0 Å². The zero-order chi connectivity index (χ0) is 13.1. The molecule has 0 radical (unpaired) electrons. The number of rotatable bonds is 3. The van der Waals surface area contributed by atoms with Crippen molar-refractivity contribution in [2.75, 3.05) is 0 Å². The summed E-state index contributed by atoms with van der Waals surface area (Å²) in [7, 11) is 0. The molecular formula is C15H14Cl2O. The molecule has 0 fully saturated rings. The van der Waals surface area contributed by atoms with Crippen molar-refractivity contribution in [3.05, 3.63) is 69.2 Å². The van der Waals surface area contributed by atoms with E-state index in [1.165, 1.54) is 5.56 Å². The average molecular weight is 281 g/mol. The van der Waals surface area contributed by atoms with Crippen molar-refractivity contribution >= 4 is 23.2 Å². The van der Waals surface area contributed by atoms with Crippen molar-refractivity contribution in [2.24, 2.45) is 0 Å². The Labute approximate surface area is 117 Å². The van der Waals surface area contributed by atoms with Crippen LogP contribution >= 0.6 is 23.2 Å². The first kappa shape index (κ1) is 13.4. The minimum atomic E-state index is -0.747. The maximum atomic E-state index is 10.4. The molecule has 1 nitrogen and oxygen atoms in total. The van der Waals surface area contributed by atoms with Gasteiger partial charge in [-0.1, -0.05) is 66.5 Å². The van der Waals surface area contributed by atoms with Crippen molar-refractivity contribution in [1.29, 1.82) is 0 Å². The summed E-state index contributed by atoms with van der Waals surface area (Å²) in [6, 6.07) is 13.1. The van der Waals surface area contributed by atoms with Gasteiger partial charge in [0.05, 0.1) is 10.0 Å². The second-order valence-electron chi connectivity index (χ2n) is 4.14. The molecule has 0 aromatic heterocycles. The van der Waals surface area contributed by atoms with E-state index in [9.17, 15) is 5.11 Å². The maximum Gasteiger partial charge on any atom is 0.106 e. The van der Waals surface area contributed by atoms with Crippen LogP contribution in [0.4, 0.5) is 0 Å². The first-order valence-corrected chi connectivity index (χ1v) is 6.60. The van der Waals surface area contributed by atoms with Gasteiger partial charge in [0.15, 0.2) is 0 Å². The largest absolute Gasteiger partial charge is 0.384 e. The lowest BCUT2D eigenvalue weighted by molar-refractivity contribution is 0.220. The summed E-state index contributed by atoms with van der Waals surface area (Å²) in [6.07, 6.45) is 0.187. The van der Waals surface area contributed by atoms with Crippen LogP contribution in [-0.2, 0) is 6.42 Å². The minimum absolute atomic E-state index is 0.411. The molecule has 2 rings (SSSR count). The molecule has 0 saturated carbocycles. The Morgan fingerprint density at radius 1 is 1.11 bits per heavy atom. The van der Waals surface area contributed by atoms with E-state index < -0.39 is 6.10 Å². The van der Waals surface area contributed by atoms with E-state index in [1.807, 2.05) is 24.3 Å². The number of halogens is 2. The number of aliphatic hydroxyl groups excluding tert-OH is 1. The van der Waals surface area contributed by atoms with E-state index in [0.29, 0.717) is 15.6 Å². The minimum Gasteiger partial charge on any atom is -0.384 e. The van der Waals surface area contributed by atoms with Gasteiger partial charge in [0.1, 0.15) is 6.10 Å². The standard InChI is InChI=1S/C15H14Cl2O/c1-2-10-5-3-6-11(9-10)15(18)12-7-4-8-13(16)14(12)17/h3-9,15,18H,2H2,1H3. The molecule has 18 heavy (non-hydrogen) atoms. The SMILES string of the molecule is CCc1cccc(C(O)c2cccc(Cl)c2Cl)c1. The highest BCUT2D eigenvalue weighted by molar-refractivity contribution is 6.42. The molecule has 1 unspecified atom stereocenters. The number of hydrogen-bond donors (Lipinski definition) is 1. The molecule has 1 N–H and O–H groups in total. The third kappa shape index (κ3) is 2.69. The number of aliphatic hydroxyl groups is 1. The Hall–Kier alpha value is -1.02. The molecular weight excluding hydrogens is 267 g/mol. The van der Waals surface area contributed by atoms with Crippen molar-refractivity contribution in [2.45, 2.75) is 19.4 Å². The molecule has 0 aliphatic heterocycles. The summed E-state index contributed by atoms with van der Waals surface area (Å²) in [5.41, 5.74) is 2.65. The normalized spacial score (nSPS) is 12.4. The monoisotopic (exact) mass is 280 g/mol. The molecule has 0 amide bonds. The molecule has 0 aliphatic carbocycles. The molecule has 0 bridgehead atoms. The van der Waals surface area contributed by atoms with E-state index in [-0.39, 0.29) is 0 Å². The lowest BCUT2D eigenvalue weighted by Crippen LogP contribution is -2.01. The maximum absolute atomic E-state index is 10.4. The molecule has 94 valence electrons. The van der Waals surface area contributed by atoms with Crippen LogP contribution in [0, 0.1) is 0 Å². The van der Waals surface area contributed by atoms with Gasteiger partial charge in [-0.25, -0.2) is 0 Å². The molecule has 3 heteroatoms. The summed E-state index contributed by atoms with van der Waals surface area (Å²) in [4.78, 5) is 0. The second kappa shape index (κ2) is 5.75. The van der Waals surface area contributed by atoms with E-state index in [1.54, 1.807) is 18.2 Å². The van der Waals surface area contributed by atoms with Gasteiger partial charge >= 0.3 is 0 Å². The summed E-state index contributed by atoms with van der Waals surface area (Å²) < 4.78 is 0. The van der Waals surface area contributed by atoms with Gasteiger partial charge in [-0.3, -0.25) is 0 Å². The van der Waals surface area contributed by atoms with Crippen LogP contribution < -0.4 is 0 Å². The van der Waals surface area contributed by atoms with Gasteiger partial charge in [-0.15, -0.1) is 0 Å². The number of hydrogen-bond acceptors (Lipinski definition) is 1. The van der Waals surface area contributed by atoms with Crippen molar-refractivity contribution in [1.82, 2.24) is 0 Å². The Bertz CT molecular complexity index is 552. The zero-order valence-corrected chi connectivity index (χ0v) is 11.5.